The molecule has 1 amide bonds. The molecule has 4 heteroatoms. The summed E-state index contributed by atoms with van der Waals surface area (Å²) in [6.07, 6.45) is 2.21. The molecule has 1 saturated heterocycles. The van der Waals surface area contributed by atoms with Crippen LogP contribution in [0.15, 0.2) is 0 Å². The average molecular weight is 241 g/mol. The number of carbonyl (C=O) groups excluding carboxylic acids is 1. The molecule has 0 bridgehead atoms. The molecule has 0 radical (unpaired) electrons. The van der Waals surface area contributed by atoms with Crippen molar-refractivity contribution in [3.63, 3.8) is 0 Å². The molecule has 1 aliphatic rings. The van der Waals surface area contributed by atoms with Gasteiger partial charge >= 0.3 is 0 Å². The summed E-state index contributed by atoms with van der Waals surface area (Å²) in [4.78, 5) is 16.0. The molecular formula is C13H27N3O. The summed E-state index contributed by atoms with van der Waals surface area (Å²) in [5, 5.41) is 0. The summed E-state index contributed by atoms with van der Waals surface area (Å²) in [6.45, 7) is 9.08. The van der Waals surface area contributed by atoms with Gasteiger partial charge in [0.05, 0.1) is 6.04 Å². The minimum absolute atomic E-state index is 0.0978. The quantitative estimate of drug-likeness (QED) is 0.796. The van der Waals surface area contributed by atoms with Gasteiger partial charge in [-0.1, -0.05) is 0 Å². The van der Waals surface area contributed by atoms with Crippen molar-refractivity contribution in [2.45, 2.75) is 45.7 Å². The second-order valence-corrected chi connectivity index (χ2v) is 5.59. The molecule has 0 saturated carbocycles. The highest BCUT2D eigenvalue weighted by molar-refractivity contribution is 5.81. The summed E-state index contributed by atoms with van der Waals surface area (Å²) < 4.78 is 0. The molecule has 1 heterocycles. The molecule has 0 aliphatic carbocycles. The number of rotatable bonds is 4. The number of piperidine rings is 1. The fourth-order valence-corrected chi connectivity index (χ4v) is 2.24. The topological polar surface area (TPSA) is 49.6 Å². The first-order valence-electron chi connectivity index (χ1n) is 6.66. The summed E-state index contributed by atoms with van der Waals surface area (Å²) >= 11 is 0. The molecule has 17 heavy (non-hydrogen) atoms. The van der Waals surface area contributed by atoms with Crippen LogP contribution in [0.4, 0.5) is 0 Å². The number of likely N-dealkylation sites (tertiary alicyclic amines) is 1. The lowest BCUT2D eigenvalue weighted by Gasteiger charge is -2.35. The number of hydrogen-bond acceptors (Lipinski definition) is 3. The van der Waals surface area contributed by atoms with Crippen molar-refractivity contribution < 1.29 is 4.79 Å². The minimum atomic E-state index is -0.357. The zero-order chi connectivity index (χ0) is 13.0. The zero-order valence-corrected chi connectivity index (χ0v) is 11.6. The van der Waals surface area contributed by atoms with E-state index in [2.05, 4.69) is 25.8 Å². The van der Waals surface area contributed by atoms with Crippen LogP contribution < -0.4 is 5.73 Å². The van der Waals surface area contributed by atoms with Gasteiger partial charge in [-0.2, -0.15) is 0 Å². The van der Waals surface area contributed by atoms with E-state index in [1.807, 2.05) is 4.90 Å². The third-order valence-electron chi connectivity index (χ3n) is 3.74. The van der Waals surface area contributed by atoms with Crippen molar-refractivity contribution in [2.75, 3.05) is 26.7 Å². The van der Waals surface area contributed by atoms with Crippen molar-refractivity contribution >= 4 is 5.91 Å². The molecule has 0 spiro atoms. The molecule has 2 N–H and O–H groups in total. The lowest BCUT2D eigenvalue weighted by atomic mass is 9.95. The third-order valence-corrected chi connectivity index (χ3v) is 3.74. The number of amides is 1. The Morgan fingerprint density at radius 2 is 1.88 bits per heavy atom. The third kappa shape index (κ3) is 4.28. The van der Waals surface area contributed by atoms with E-state index >= 15 is 0 Å². The van der Waals surface area contributed by atoms with Gasteiger partial charge in [0, 0.05) is 25.7 Å². The molecule has 1 atom stereocenters. The van der Waals surface area contributed by atoms with Crippen molar-refractivity contribution in [3.8, 4) is 0 Å². The van der Waals surface area contributed by atoms with E-state index in [0.29, 0.717) is 6.04 Å². The maximum atomic E-state index is 11.7. The van der Waals surface area contributed by atoms with Gasteiger partial charge in [0.1, 0.15) is 0 Å². The first-order valence-corrected chi connectivity index (χ1v) is 6.66. The van der Waals surface area contributed by atoms with Crippen molar-refractivity contribution in [2.24, 2.45) is 11.7 Å². The van der Waals surface area contributed by atoms with Gasteiger partial charge in [-0.3, -0.25) is 4.79 Å². The molecule has 1 rings (SSSR count). The number of nitrogens with two attached hydrogens (primary N) is 1. The minimum Gasteiger partial charge on any atom is -0.341 e. The van der Waals surface area contributed by atoms with E-state index in [1.165, 1.54) is 0 Å². The fourth-order valence-electron chi connectivity index (χ4n) is 2.24. The van der Waals surface area contributed by atoms with Crippen LogP contribution in [0.25, 0.3) is 0 Å². The lowest BCUT2D eigenvalue weighted by molar-refractivity contribution is -0.133. The Hall–Kier alpha value is -0.610. The van der Waals surface area contributed by atoms with Gasteiger partial charge < -0.3 is 15.5 Å². The van der Waals surface area contributed by atoms with Crippen molar-refractivity contribution in [3.05, 3.63) is 0 Å². The van der Waals surface area contributed by atoms with E-state index in [9.17, 15) is 4.79 Å². The maximum absolute atomic E-state index is 11.7. The second-order valence-electron chi connectivity index (χ2n) is 5.59. The van der Waals surface area contributed by atoms with Gasteiger partial charge in [-0.05, 0) is 46.6 Å². The first kappa shape index (κ1) is 14.5. The lowest BCUT2D eigenvalue weighted by Crippen LogP contribution is -2.47. The van der Waals surface area contributed by atoms with E-state index < -0.39 is 0 Å². The van der Waals surface area contributed by atoms with Crippen molar-refractivity contribution in [1.82, 2.24) is 9.80 Å². The Labute approximate surface area is 105 Å². The highest BCUT2D eigenvalue weighted by Gasteiger charge is 2.25. The van der Waals surface area contributed by atoms with Gasteiger partial charge in [0.2, 0.25) is 5.91 Å². The number of hydrogen-bond donors (Lipinski definition) is 1. The molecule has 4 nitrogen and oxygen atoms in total. The van der Waals surface area contributed by atoms with Crippen LogP contribution in [0.3, 0.4) is 0 Å². The predicted octanol–water partition coefficient (Wildman–Crippen LogP) is 0.912. The SMILES string of the molecule is CC(C)N(C)CC1CCN(C(=O)[C@@H](C)N)CC1. The molecular weight excluding hydrogens is 214 g/mol. The zero-order valence-electron chi connectivity index (χ0n) is 11.6. The highest BCUT2D eigenvalue weighted by Crippen LogP contribution is 2.19. The predicted molar refractivity (Wildman–Crippen MR) is 70.7 cm³/mol. The smallest absolute Gasteiger partial charge is 0.239 e. The molecule has 0 aromatic rings. The highest BCUT2D eigenvalue weighted by atomic mass is 16.2. The Kier molecular flexibility index (Phi) is 5.40. The summed E-state index contributed by atoms with van der Waals surface area (Å²) in [7, 11) is 2.17. The summed E-state index contributed by atoms with van der Waals surface area (Å²) in [6, 6.07) is 0.239. The van der Waals surface area contributed by atoms with E-state index in [-0.39, 0.29) is 11.9 Å². The molecule has 0 aromatic heterocycles. The maximum Gasteiger partial charge on any atom is 0.239 e. The van der Waals surface area contributed by atoms with E-state index in [4.69, 9.17) is 5.73 Å². The summed E-state index contributed by atoms with van der Waals surface area (Å²) in [5.74, 6) is 0.820. The molecule has 0 aromatic carbocycles. The average Bonchev–Trinajstić information content (AvgIpc) is 2.28. The van der Waals surface area contributed by atoms with Crippen LogP contribution >= 0.6 is 0 Å². The van der Waals surface area contributed by atoms with Crippen LogP contribution in [0.5, 0.6) is 0 Å². The largest absolute Gasteiger partial charge is 0.341 e. The second kappa shape index (κ2) is 6.36. The standard InChI is InChI=1S/C13H27N3O/c1-10(2)15(4)9-12-5-7-16(8-6-12)13(17)11(3)14/h10-12H,5-9,14H2,1-4H3/t11-/m1/s1. The van der Waals surface area contributed by atoms with E-state index in [1.54, 1.807) is 6.92 Å². The fraction of sp³-hybridized carbons (Fsp3) is 0.923. The number of nitrogens with zero attached hydrogens (tertiary/aromatic N) is 2. The first-order chi connectivity index (χ1) is 7.91. The van der Waals surface area contributed by atoms with Crippen molar-refractivity contribution in [1.29, 1.82) is 0 Å². The molecule has 1 fully saturated rings. The van der Waals surface area contributed by atoms with Crippen LogP contribution in [0.1, 0.15) is 33.6 Å². The van der Waals surface area contributed by atoms with Crippen LogP contribution in [-0.4, -0.2) is 54.5 Å². The Morgan fingerprint density at radius 3 is 2.29 bits per heavy atom. The van der Waals surface area contributed by atoms with Gasteiger partial charge in [-0.15, -0.1) is 0 Å². The number of carbonyl (C=O) groups is 1. The molecule has 0 unspecified atom stereocenters. The van der Waals surface area contributed by atoms with Crippen LogP contribution in [-0.2, 0) is 4.79 Å². The van der Waals surface area contributed by atoms with Crippen LogP contribution in [0.2, 0.25) is 0 Å². The Bertz CT molecular complexity index is 245. The van der Waals surface area contributed by atoms with Crippen LogP contribution in [0, 0.1) is 5.92 Å². The molecule has 100 valence electrons. The summed E-state index contributed by atoms with van der Waals surface area (Å²) in [5.41, 5.74) is 5.62. The van der Waals surface area contributed by atoms with Gasteiger partial charge in [0.25, 0.3) is 0 Å². The monoisotopic (exact) mass is 241 g/mol. The Balaban J connectivity index is 2.33. The van der Waals surface area contributed by atoms with Gasteiger partial charge in [0.15, 0.2) is 0 Å². The Morgan fingerprint density at radius 1 is 1.35 bits per heavy atom. The normalized spacial score (nSPS) is 20.1. The molecule has 1 aliphatic heterocycles. The van der Waals surface area contributed by atoms with E-state index in [0.717, 1.165) is 38.4 Å². The van der Waals surface area contributed by atoms with Gasteiger partial charge in [-0.25, -0.2) is 0 Å².